The van der Waals surface area contributed by atoms with E-state index in [0.29, 0.717) is 12.1 Å². The van der Waals surface area contributed by atoms with Crippen LogP contribution in [0.15, 0.2) is 24.3 Å². The Hall–Kier alpha value is -1.88. The van der Waals surface area contributed by atoms with E-state index in [-0.39, 0.29) is 17.2 Å². The highest BCUT2D eigenvalue weighted by atomic mass is 16.2. The molecule has 1 heterocycles. The van der Waals surface area contributed by atoms with Crippen LogP contribution in [0.5, 0.6) is 0 Å². The van der Waals surface area contributed by atoms with Crippen molar-refractivity contribution in [1.82, 2.24) is 10.2 Å². The van der Waals surface area contributed by atoms with Crippen molar-refractivity contribution in [1.29, 1.82) is 0 Å². The van der Waals surface area contributed by atoms with Gasteiger partial charge in [-0.1, -0.05) is 0 Å². The average Bonchev–Trinajstić information content (AvgIpc) is 3.21. The molecule has 5 heteroatoms. The van der Waals surface area contributed by atoms with E-state index < -0.39 is 0 Å². The third-order valence-electron chi connectivity index (χ3n) is 7.84. The van der Waals surface area contributed by atoms with Gasteiger partial charge in [0.05, 0.1) is 5.41 Å². The predicted molar refractivity (Wildman–Crippen MR) is 114 cm³/mol. The lowest BCUT2D eigenvalue weighted by Gasteiger charge is -2.55. The van der Waals surface area contributed by atoms with Gasteiger partial charge >= 0.3 is 0 Å². The molecule has 156 valence electrons. The van der Waals surface area contributed by atoms with Gasteiger partial charge in [0.1, 0.15) is 0 Å². The zero-order valence-electron chi connectivity index (χ0n) is 17.3. The van der Waals surface area contributed by atoms with E-state index in [0.717, 1.165) is 62.3 Å². The Kier molecular flexibility index (Phi) is 5.10. The molecule has 0 aromatic heterocycles. The van der Waals surface area contributed by atoms with E-state index in [1.165, 1.54) is 32.1 Å². The summed E-state index contributed by atoms with van der Waals surface area (Å²) < 4.78 is 0. The Balaban J connectivity index is 1.15. The summed E-state index contributed by atoms with van der Waals surface area (Å²) in [6, 6.07) is 7.38. The van der Waals surface area contributed by atoms with Gasteiger partial charge in [-0.25, -0.2) is 0 Å². The van der Waals surface area contributed by atoms with Crippen LogP contribution in [-0.2, 0) is 4.79 Å². The van der Waals surface area contributed by atoms with Crippen molar-refractivity contribution < 1.29 is 9.59 Å². The first kappa shape index (κ1) is 19.1. The van der Waals surface area contributed by atoms with Crippen molar-refractivity contribution in [2.24, 2.45) is 23.2 Å². The van der Waals surface area contributed by atoms with Crippen molar-refractivity contribution >= 4 is 17.5 Å². The topological polar surface area (TPSA) is 61.4 Å². The Labute approximate surface area is 173 Å². The van der Waals surface area contributed by atoms with Crippen molar-refractivity contribution in [3.05, 3.63) is 29.8 Å². The number of carbonyl (C=O) groups is 2. The van der Waals surface area contributed by atoms with Crippen molar-refractivity contribution in [2.45, 2.75) is 51.4 Å². The molecule has 5 aliphatic rings. The lowest BCUT2D eigenvalue weighted by Crippen LogP contribution is -2.51. The van der Waals surface area contributed by atoms with Gasteiger partial charge in [0.15, 0.2) is 0 Å². The Morgan fingerprint density at radius 1 is 0.931 bits per heavy atom. The first-order valence-corrected chi connectivity index (χ1v) is 11.5. The molecule has 0 spiro atoms. The van der Waals surface area contributed by atoms with Crippen LogP contribution in [0.1, 0.15) is 61.7 Å². The van der Waals surface area contributed by atoms with Gasteiger partial charge in [0, 0.05) is 24.3 Å². The molecule has 1 aliphatic heterocycles. The molecule has 2 N–H and O–H groups in total. The summed E-state index contributed by atoms with van der Waals surface area (Å²) in [4.78, 5) is 27.9. The maximum atomic E-state index is 13.2. The number of nitrogens with one attached hydrogen (secondary N) is 2. The zero-order chi connectivity index (χ0) is 19.8. The van der Waals surface area contributed by atoms with E-state index in [4.69, 9.17) is 0 Å². The molecule has 0 atom stereocenters. The number of anilines is 1. The Morgan fingerprint density at radius 2 is 1.52 bits per heavy atom. The highest BCUT2D eigenvalue weighted by molar-refractivity contribution is 5.97. The second kappa shape index (κ2) is 7.75. The minimum absolute atomic E-state index is 0.0387. The molecule has 5 fully saturated rings. The zero-order valence-corrected chi connectivity index (χ0v) is 17.3. The second-order valence-corrected chi connectivity index (χ2v) is 10.0. The van der Waals surface area contributed by atoms with Crippen molar-refractivity contribution in [2.75, 3.05) is 31.5 Å². The van der Waals surface area contributed by atoms with Crippen LogP contribution >= 0.6 is 0 Å². The first-order chi connectivity index (χ1) is 14.1. The first-order valence-electron chi connectivity index (χ1n) is 11.5. The van der Waals surface area contributed by atoms with E-state index in [1.54, 1.807) is 0 Å². The summed E-state index contributed by atoms with van der Waals surface area (Å²) in [5.41, 5.74) is 1.32. The third-order valence-corrected chi connectivity index (χ3v) is 7.84. The van der Waals surface area contributed by atoms with Crippen LogP contribution in [-0.4, -0.2) is 42.9 Å². The number of benzene rings is 1. The fraction of sp³-hybridized carbons (Fsp3) is 0.667. The normalized spacial score (nSPS) is 33.0. The van der Waals surface area contributed by atoms with Gasteiger partial charge in [-0.3, -0.25) is 9.59 Å². The molecule has 0 unspecified atom stereocenters. The van der Waals surface area contributed by atoms with Crippen molar-refractivity contribution in [3.63, 3.8) is 0 Å². The summed E-state index contributed by atoms with van der Waals surface area (Å²) >= 11 is 0. The fourth-order valence-corrected chi connectivity index (χ4v) is 6.79. The number of amides is 2. The lowest BCUT2D eigenvalue weighted by molar-refractivity contribution is -0.140. The van der Waals surface area contributed by atoms with E-state index in [1.807, 2.05) is 24.3 Å². The predicted octanol–water partition coefficient (Wildman–Crippen LogP) is 3.67. The summed E-state index contributed by atoms with van der Waals surface area (Å²) in [5, 5.41) is 6.18. The summed E-state index contributed by atoms with van der Waals surface area (Å²) in [6.45, 7) is 3.90. The van der Waals surface area contributed by atoms with E-state index in [9.17, 15) is 9.59 Å². The minimum atomic E-state index is -0.139. The minimum Gasteiger partial charge on any atom is -0.351 e. The number of carbonyl (C=O) groups excluding carboxylic acids is 2. The summed E-state index contributed by atoms with van der Waals surface area (Å²) in [6.07, 6.45) is 9.78. The highest BCUT2D eigenvalue weighted by Gasteiger charge is 2.54. The van der Waals surface area contributed by atoms with Gasteiger partial charge in [-0.05, 0) is 106 Å². The number of likely N-dealkylation sites (tertiary alicyclic amines) is 1. The molecule has 4 saturated carbocycles. The van der Waals surface area contributed by atoms with Crippen LogP contribution in [0.25, 0.3) is 0 Å². The quantitative estimate of drug-likeness (QED) is 0.773. The van der Waals surface area contributed by atoms with Gasteiger partial charge in [-0.15, -0.1) is 0 Å². The van der Waals surface area contributed by atoms with Crippen LogP contribution < -0.4 is 10.6 Å². The maximum absolute atomic E-state index is 13.2. The molecule has 4 bridgehead atoms. The number of rotatable bonds is 6. The molecular weight excluding hydrogens is 362 g/mol. The maximum Gasteiger partial charge on any atom is 0.251 e. The van der Waals surface area contributed by atoms with Crippen molar-refractivity contribution in [3.8, 4) is 0 Å². The average molecular weight is 396 g/mol. The van der Waals surface area contributed by atoms with E-state index >= 15 is 0 Å². The number of hydrogen-bond acceptors (Lipinski definition) is 3. The molecule has 1 aromatic rings. The lowest BCUT2D eigenvalue weighted by atomic mass is 9.49. The molecule has 2 amide bonds. The molecule has 0 radical (unpaired) electrons. The highest BCUT2D eigenvalue weighted by Crippen LogP contribution is 2.60. The van der Waals surface area contributed by atoms with Crippen LogP contribution in [0.3, 0.4) is 0 Å². The van der Waals surface area contributed by atoms with Crippen LogP contribution in [0.4, 0.5) is 5.69 Å². The van der Waals surface area contributed by atoms with E-state index in [2.05, 4.69) is 15.5 Å². The van der Waals surface area contributed by atoms with Gasteiger partial charge in [0.25, 0.3) is 5.91 Å². The molecule has 1 aromatic carbocycles. The Morgan fingerprint density at radius 3 is 2.10 bits per heavy atom. The van der Waals surface area contributed by atoms with Gasteiger partial charge < -0.3 is 15.5 Å². The molecule has 5 nitrogen and oxygen atoms in total. The van der Waals surface area contributed by atoms with Gasteiger partial charge in [0.2, 0.25) is 5.91 Å². The molecular formula is C24H33N3O2. The monoisotopic (exact) mass is 395 g/mol. The number of nitrogens with zero attached hydrogens (tertiary/aromatic N) is 1. The van der Waals surface area contributed by atoms with Gasteiger partial charge in [-0.2, -0.15) is 0 Å². The Bertz CT molecular complexity index is 732. The second-order valence-electron chi connectivity index (χ2n) is 10.0. The summed E-state index contributed by atoms with van der Waals surface area (Å²) in [5.74, 6) is 2.46. The molecule has 6 rings (SSSR count). The molecule has 29 heavy (non-hydrogen) atoms. The summed E-state index contributed by atoms with van der Waals surface area (Å²) in [7, 11) is 0. The third kappa shape index (κ3) is 3.94. The molecule has 4 aliphatic carbocycles. The van der Waals surface area contributed by atoms with Crippen LogP contribution in [0.2, 0.25) is 0 Å². The fourth-order valence-electron chi connectivity index (χ4n) is 6.79. The number of hydrogen-bond donors (Lipinski definition) is 2. The van der Waals surface area contributed by atoms with Crippen LogP contribution in [0, 0.1) is 23.2 Å². The smallest absolute Gasteiger partial charge is 0.251 e. The largest absolute Gasteiger partial charge is 0.351 e. The standard InChI is InChI=1S/C24H33N3O2/c28-22(25-7-10-27-8-1-2-9-27)20-3-5-21(6-4-20)26-23(29)24-14-17-11-18(15-24)13-19(12-17)16-24/h3-6,17-19H,1-2,7-16H2,(H,25,28)(H,26,29). The SMILES string of the molecule is O=C(NCCN1CCCC1)c1ccc(NC(=O)C23CC4CC(CC(C4)C2)C3)cc1. The molecule has 1 saturated heterocycles.